The fourth-order valence-corrected chi connectivity index (χ4v) is 2.94. The molecule has 0 atom stereocenters. The minimum atomic E-state index is -0.728. The Kier molecular flexibility index (Phi) is 3.90. The van der Waals surface area contributed by atoms with Crippen LogP contribution < -0.4 is 0 Å². The third-order valence-corrected chi connectivity index (χ3v) is 4.16. The fraction of sp³-hybridized carbons (Fsp3) is 0.0714. The van der Waals surface area contributed by atoms with E-state index in [0.717, 1.165) is 6.07 Å². The summed E-state index contributed by atoms with van der Waals surface area (Å²) in [5.74, 6) is -0.956. The zero-order valence-electron chi connectivity index (χ0n) is 10.4. The van der Waals surface area contributed by atoms with Crippen molar-refractivity contribution in [2.24, 2.45) is 0 Å². The van der Waals surface area contributed by atoms with Gasteiger partial charge in [-0.3, -0.25) is 4.57 Å². The molecule has 0 aliphatic rings. The van der Waals surface area contributed by atoms with Crippen molar-refractivity contribution >= 4 is 50.2 Å². The Bertz CT molecular complexity index is 849. The quantitative estimate of drug-likeness (QED) is 0.530. The molecule has 2 nitrogen and oxygen atoms in total. The molecule has 3 rings (SSSR count). The summed E-state index contributed by atoms with van der Waals surface area (Å²) in [7, 11) is 0. The summed E-state index contributed by atoms with van der Waals surface area (Å²) in [6.07, 6.45) is 0. The SMILES string of the molecule is Fc1cc(F)c2nc(CCl)n(-c3cc(Cl)ccc3Br)c2c1. The Morgan fingerprint density at radius 3 is 2.67 bits per heavy atom. The van der Waals surface area contributed by atoms with E-state index in [1.165, 1.54) is 6.07 Å². The summed E-state index contributed by atoms with van der Waals surface area (Å²) in [5, 5.41) is 0.493. The molecule has 21 heavy (non-hydrogen) atoms. The molecule has 0 fully saturated rings. The van der Waals surface area contributed by atoms with Crippen molar-refractivity contribution in [2.75, 3.05) is 0 Å². The minimum Gasteiger partial charge on any atom is -0.294 e. The van der Waals surface area contributed by atoms with Crippen molar-refractivity contribution in [1.82, 2.24) is 9.55 Å². The molecule has 0 amide bonds. The van der Waals surface area contributed by atoms with Crippen molar-refractivity contribution in [1.29, 1.82) is 0 Å². The first-order valence-electron chi connectivity index (χ1n) is 5.89. The summed E-state index contributed by atoms with van der Waals surface area (Å²) in [5.41, 5.74) is 0.982. The van der Waals surface area contributed by atoms with Gasteiger partial charge in [-0.1, -0.05) is 11.6 Å². The molecule has 0 aliphatic carbocycles. The second kappa shape index (κ2) is 5.55. The molecule has 3 aromatic rings. The van der Waals surface area contributed by atoms with Crippen LogP contribution in [-0.4, -0.2) is 9.55 Å². The van der Waals surface area contributed by atoms with E-state index in [-0.39, 0.29) is 11.4 Å². The maximum Gasteiger partial charge on any atom is 0.153 e. The zero-order valence-corrected chi connectivity index (χ0v) is 13.5. The van der Waals surface area contributed by atoms with Gasteiger partial charge in [0.05, 0.1) is 17.1 Å². The smallest absolute Gasteiger partial charge is 0.153 e. The molecule has 1 heterocycles. The summed E-state index contributed by atoms with van der Waals surface area (Å²) in [6, 6.07) is 7.14. The number of rotatable bonds is 2. The lowest BCUT2D eigenvalue weighted by Crippen LogP contribution is -2.00. The van der Waals surface area contributed by atoms with Crippen molar-refractivity contribution in [2.45, 2.75) is 5.88 Å². The van der Waals surface area contributed by atoms with Crippen molar-refractivity contribution in [3.8, 4) is 5.69 Å². The highest BCUT2D eigenvalue weighted by Gasteiger charge is 2.18. The van der Waals surface area contributed by atoms with Gasteiger partial charge in [0, 0.05) is 21.6 Å². The van der Waals surface area contributed by atoms with E-state index in [9.17, 15) is 8.78 Å². The number of imidazole rings is 1. The number of alkyl halides is 1. The second-order valence-electron chi connectivity index (χ2n) is 4.35. The van der Waals surface area contributed by atoms with Gasteiger partial charge in [0.15, 0.2) is 5.82 Å². The predicted molar refractivity (Wildman–Crippen MR) is 83.3 cm³/mol. The van der Waals surface area contributed by atoms with Gasteiger partial charge in [-0.05, 0) is 34.1 Å². The van der Waals surface area contributed by atoms with Crippen molar-refractivity contribution in [3.63, 3.8) is 0 Å². The Morgan fingerprint density at radius 1 is 1.19 bits per heavy atom. The van der Waals surface area contributed by atoms with E-state index in [2.05, 4.69) is 20.9 Å². The van der Waals surface area contributed by atoms with Crippen LogP contribution in [-0.2, 0) is 5.88 Å². The summed E-state index contributed by atoms with van der Waals surface area (Å²) in [4.78, 5) is 4.14. The maximum atomic E-state index is 13.9. The molecule has 0 saturated heterocycles. The standard InChI is InChI=1S/C14H7BrCl2F2N2/c15-9-2-1-7(17)3-11(9)21-12-5-8(18)4-10(19)14(12)20-13(21)6-16/h1-5H,6H2. The summed E-state index contributed by atoms with van der Waals surface area (Å²) < 4.78 is 29.7. The van der Waals surface area contributed by atoms with Gasteiger partial charge in [-0.2, -0.15) is 0 Å². The minimum absolute atomic E-state index is 0.0503. The molecule has 1 aromatic heterocycles. The van der Waals surface area contributed by atoms with E-state index in [0.29, 0.717) is 26.5 Å². The van der Waals surface area contributed by atoms with Crippen LogP contribution in [0.1, 0.15) is 5.82 Å². The van der Waals surface area contributed by atoms with E-state index in [4.69, 9.17) is 23.2 Å². The molecule has 7 heteroatoms. The van der Waals surface area contributed by atoms with Gasteiger partial charge >= 0.3 is 0 Å². The number of hydrogen-bond acceptors (Lipinski definition) is 1. The van der Waals surface area contributed by atoms with Crippen molar-refractivity contribution < 1.29 is 8.78 Å². The van der Waals surface area contributed by atoms with Gasteiger partial charge in [0.1, 0.15) is 17.2 Å². The maximum absolute atomic E-state index is 13.9. The molecule has 0 spiro atoms. The van der Waals surface area contributed by atoms with Crippen LogP contribution >= 0.6 is 39.1 Å². The largest absolute Gasteiger partial charge is 0.294 e. The molecule has 0 saturated carbocycles. The van der Waals surface area contributed by atoms with Crippen LogP contribution in [0.4, 0.5) is 8.78 Å². The van der Waals surface area contributed by atoms with Gasteiger partial charge in [-0.25, -0.2) is 13.8 Å². The van der Waals surface area contributed by atoms with E-state index in [1.807, 2.05) is 0 Å². The van der Waals surface area contributed by atoms with Crippen LogP contribution in [0.3, 0.4) is 0 Å². The average molecular weight is 392 g/mol. The lowest BCUT2D eigenvalue weighted by Gasteiger charge is -2.10. The number of halogens is 5. The lowest BCUT2D eigenvalue weighted by molar-refractivity contribution is 0.590. The van der Waals surface area contributed by atoms with Crippen LogP contribution in [0.2, 0.25) is 5.02 Å². The first-order chi connectivity index (χ1) is 10.0. The molecule has 0 N–H and O–H groups in total. The molecule has 108 valence electrons. The van der Waals surface area contributed by atoms with E-state index in [1.54, 1.807) is 22.8 Å². The first kappa shape index (κ1) is 14.8. The number of hydrogen-bond donors (Lipinski definition) is 0. The van der Waals surface area contributed by atoms with E-state index < -0.39 is 11.6 Å². The Hall–Kier alpha value is -1.17. The normalized spacial score (nSPS) is 11.3. The molecule has 0 radical (unpaired) electrons. The summed E-state index contributed by atoms with van der Waals surface area (Å²) in [6.45, 7) is 0. The molecular formula is C14H7BrCl2F2N2. The van der Waals surface area contributed by atoms with Gasteiger partial charge in [0.2, 0.25) is 0 Å². The van der Waals surface area contributed by atoms with Gasteiger partial charge < -0.3 is 0 Å². The van der Waals surface area contributed by atoms with Crippen LogP contribution in [0.15, 0.2) is 34.8 Å². The van der Waals surface area contributed by atoms with E-state index >= 15 is 0 Å². The molecule has 0 aliphatic heterocycles. The highest BCUT2D eigenvalue weighted by atomic mass is 79.9. The lowest BCUT2D eigenvalue weighted by atomic mass is 10.2. The monoisotopic (exact) mass is 390 g/mol. The summed E-state index contributed by atoms with van der Waals surface area (Å²) >= 11 is 15.3. The predicted octanol–water partition coefficient (Wildman–Crippen LogP) is 5.46. The number of fused-ring (bicyclic) bond motifs is 1. The molecule has 0 bridgehead atoms. The van der Waals surface area contributed by atoms with Gasteiger partial charge in [-0.15, -0.1) is 11.6 Å². The number of benzene rings is 2. The molecule has 2 aromatic carbocycles. The van der Waals surface area contributed by atoms with Crippen LogP contribution in [0, 0.1) is 11.6 Å². The topological polar surface area (TPSA) is 17.8 Å². The number of nitrogens with zero attached hydrogens (tertiary/aromatic N) is 2. The highest BCUT2D eigenvalue weighted by Crippen LogP contribution is 2.31. The third-order valence-electron chi connectivity index (χ3n) is 3.02. The second-order valence-corrected chi connectivity index (χ2v) is 5.91. The Balaban J connectivity index is 2.43. The third kappa shape index (κ3) is 2.54. The van der Waals surface area contributed by atoms with Gasteiger partial charge in [0.25, 0.3) is 0 Å². The van der Waals surface area contributed by atoms with Crippen LogP contribution in [0.25, 0.3) is 16.7 Å². The number of aromatic nitrogens is 2. The molecule has 0 unspecified atom stereocenters. The average Bonchev–Trinajstić information content (AvgIpc) is 2.80. The Labute approximate surface area is 137 Å². The Morgan fingerprint density at radius 2 is 1.95 bits per heavy atom. The zero-order chi connectivity index (χ0) is 15.1. The fourth-order valence-electron chi connectivity index (χ4n) is 2.17. The first-order valence-corrected chi connectivity index (χ1v) is 7.59. The van der Waals surface area contributed by atoms with Crippen LogP contribution in [0.5, 0.6) is 0 Å². The highest BCUT2D eigenvalue weighted by molar-refractivity contribution is 9.10. The molecular weight excluding hydrogens is 385 g/mol. The van der Waals surface area contributed by atoms with Crippen molar-refractivity contribution in [3.05, 3.63) is 57.3 Å².